The van der Waals surface area contributed by atoms with Crippen LogP contribution < -0.4 is 10.1 Å². The first-order chi connectivity index (χ1) is 16.2. The maximum absolute atomic E-state index is 5.98. The van der Waals surface area contributed by atoms with Crippen molar-refractivity contribution in [3.8, 4) is 17.3 Å². The van der Waals surface area contributed by atoms with Gasteiger partial charge >= 0.3 is 0 Å². The van der Waals surface area contributed by atoms with Crippen molar-refractivity contribution < 1.29 is 4.74 Å². The summed E-state index contributed by atoms with van der Waals surface area (Å²) in [6, 6.07) is 13.2. The molecule has 4 aromatic rings. The zero-order valence-corrected chi connectivity index (χ0v) is 20.5. The number of aromatic nitrogens is 3. The minimum atomic E-state index is 0.645. The van der Waals surface area contributed by atoms with Crippen LogP contribution in [0.3, 0.4) is 0 Å². The van der Waals surface area contributed by atoms with E-state index in [1.807, 2.05) is 0 Å². The fraction of sp³-hybridized carbons (Fsp3) is 0.444. The molecule has 1 saturated heterocycles. The third kappa shape index (κ3) is 5.02. The van der Waals surface area contributed by atoms with Gasteiger partial charge in [0.05, 0.1) is 28.2 Å². The van der Waals surface area contributed by atoms with Gasteiger partial charge in [-0.3, -0.25) is 0 Å². The zero-order chi connectivity index (χ0) is 22.6. The molecule has 0 amide bonds. The highest BCUT2D eigenvalue weighted by molar-refractivity contribution is 7.17. The van der Waals surface area contributed by atoms with Crippen molar-refractivity contribution in [3.63, 3.8) is 0 Å². The number of hydrogen-bond acceptors (Lipinski definition) is 4. The Morgan fingerprint density at radius 3 is 2.82 bits per heavy atom. The Bertz CT molecular complexity index is 1180. The third-order valence-corrected chi connectivity index (χ3v) is 7.51. The number of rotatable bonds is 10. The van der Waals surface area contributed by atoms with Gasteiger partial charge < -0.3 is 19.2 Å². The highest BCUT2D eigenvalue weighted by Crippen LogP contribution is 2.30. The Hall–Kier alpha value is -2.57. The van der Waals surface area contributed by atoms with Gasteiger partial charge in [0.1, 0.15) is 5.75 Å². The summed E-state index contributed by atoms with van der Waals surface area (Å²) in [4.78, 5) is 5.02. The van der Waals surface area contributed by atoms with Gasteiger partial charge in [0.2, 0.25) is 0 Å². The molecule has 4 heterocycles. The molecule has 5 nitrogen and oxygen atoms in total. The molecule has 1 unspecified atom stereocenters. The highest BCUT2D eigenvalue weighted by atomic mass is 32.1. The van der Waals surface area contributed by atoms with E-state index in [1.165, 1.54) is 33.6 Å². The van der Waals surface area contributed by atoms with Crippen LogP contribution in [0.15, 0.2) is 48.0 Å². The van der Waals surface area contributed by atoms with Gasteiger partial charge in [-0.1, -0.05) is 25.5 Å². The summed E-state index contributed by atoms with van der Waals surface area (Å²) < 4.78 is 11.9. The lowest BCUT2D eigenvalue weighted by atomic mass is 10.1. The van der Waals surface area contributed by atoms with E-state index < -0.39 is 0 Å². The molecule has 1 aliphatic heterocycles. The summed E-state index contributed by atoms with van der Waals surface area (Å²) in [7, 11) is 2.15. The number of hydrogen-bond donors (Lipinski definition) is 1. The molecule has 33 heavy (non-hydrogen) atoms. The normalized spacial score (nSPS) is 16.1. The Morgan fingerprint density at radius 1 is 1.18 bits per heavy atom. The molecule has 5 rings (SSSR count). The summed E-state index contributed by atoms with van der Waals surface area (Å²) in [5.41, 5.74) is 5.04. The maximum atomic E-state index is 5.98. The number of fused-ring (bicyclic) bond motifs is 1. The molecular formula is C27H34N4OS. The summed E-state index contributed by atoms with van der Waals surface area (Å²) in [5, 5.41) is 5.56. The topological polar surface area (TPSA) is 44.0 Å². The van der Waals surface area contributed by atoms with E-state index in [2.05, 4.69) is 76.4 Å². The molecule has 1 N–H and O–H groups in total. The standard InChI is InChI=1S/C27H34N4OS/c1-3-5-22-18-31(27(29-22)25-16-26-24(30(25)2)12-15-33-26)14-4-6-20-7-9-23(10-8-20)32-19-21-11-13-28-17-21/h7-10,12,15-16,18,21,28H,3-6,11,13-14,17,19H2,1-2H3. The molecule has 1 fully saturated rings. The Morgan fingerprint density at radius 2 is 2.06 bits per heavy atom. The lowest BCUT2D eigenvalue weighted by Crippen LogP contribution is -2.15. The second kappa shape index (κ2) is 10.1. The van der Waals surface area contributed by atoms with Crippen molar-refractivity contribution in [1.29, 1.82) is 0 Å². The molecule has 1 aromatic carbocycles. The fourth-order valence-corrected chi connectivity index (χ4v) is 5.61. The third-order valence-electron chi connectivity index (χ3n) is 6.66. The van der Waals surface area contributed by atoms with Gasteiger partial charge in [0, 0.05) is 32.3 Å². The number of aryl methyl sites for hydroxylation is 4. The average molecular weight is 463 g/mol. The molecule has 1 aliphatic rings. The zero-order valence-electron chi connectivity index (χ0n) is 19.7. The summed E-state index contributed by atoms with van der Waals surface area (Å²) in [6.45, 7) is 6.20. The van der Waals surface area contributed by atoms with Crippen LogP contribution in [0, 0.1) is 5.92 Å². The van der Waals surface area contributed by atoms with E-state index >= 15 is 0 Å². The number of nitrogens with one attached hydrogen (secondary N) is 1. The fourth-order valence-electron chi connectivity index (χ4n) is 4.76. The molecule has 3 aromatic heterocycles. The number of nitrogens with zero attached hydrogens (tertiary/aromatic N) is 3. The van der Waals surface area contributed by atoms with Crippen LogP contribution in [0.25, 0.3) is 21.7 Å². The first-order valence-corrected chi connectivity index (χ1v) is 13.1. The lowest BCUT2D eigenvalue weighted by Gasteiger charge is -2.12. The number of thiophene rings is 1. The second-order valence-electron chi connectivity index (χ2n) is 9.18. The van der Waals surface area contributed by atoms with Crippen molar-refractivity contribution in [2.45, 2.75) is 45.6 Å². The minimum Gasteiger partial charge on any atom is -0.493 e. The van der Waals surface area contributed by atoms with E-state index in [0.717, 1.165) is 63.5 Å². The van der Waals surface area contributed by atoms with Crippen LogP contribution in [0.1, 0.15) is 37.4 Å². The monoisotopic (exact) mass is 462 g/mol. The molecule has 0 bridgehead atoms. The van der Waals surface area contributed by atoms with E-state index in [-0.39, 0.29) is 0 Å². The average Bonchev–Trinajstić information content (AvgIpc) is 3.60. The summed E-state index contributed by atoms with van der Waals surface area (Å²) in [6.07, 6.45) is 7.75. The Kier molecular flexibility index (Phi) is 6.83. The predicted octanol–water partition coefficient (Wildman–Crippen LogP) is 5.68. The summed E-state index contributed by atoms with van der Waals surface area (Å²) >= 11 is 1.80. The number of benzene rings is 1. The van der Waals surface area contributed by atoms with Crippen LogP contribution >= 0.6 is 11.3 Å². The minimum absolute atomic E-state index is 0.645. The molecule has 174 valence electrons. The van der Waals surface area contributed by atoms with Crippen molar-refractivity contribution in [2.24, 2.45) is 13.0 Å². The van der Waals surface area contributed by atoms with E-state index in [1.54, 1.807) is 11.3 Å². The van der Waals surface area contributed by atoms with Crippen molar-refractivity contribution >= 4 is 21.6 Å². The quantitative estimate of drug-likeness (QED) is 0.330. The van der Waals surface area contributed by atoms with Gasteiger partial charge in [-0.05, 0) is 67.4 Å². The molecule has 0 spiro atoms. The Labute approximate surface area is 200 Å². The maximum Gasteiger partial charge on any atom is 0.156 e. The number of imidazole rings is 1. The first-order valence-electron chi connectivity index (χ1n) is 12.2. The van der Waals surface area contributed by atoms with Gasteiger partial charge in [0.25, 0.3) is 0 Å². The SMILES string of the molecule is CCCc1cn(CCCc2ccc(OCC3CCNC3)cc2)c(-c2cc3sccc3n2C)n1. The predicted molar refractivity (Wildman–Crippen MR) is 137 cm³/mol. The first kappa shape index (κ1) is 22.2. The van der Waals surface area contributed by atoms with E-state index in [0.29, 0.717) is 5.92 Å². The molecule has 0 saturated carbocycles. The van der Waals surface area contributed by atoms with Crippen molar-refractivity contribution in [2.75, 3.05) is 19.7 Å². The van der Waals surface area contributed by atoms with Crippen LogP contribution in [0.4, 0.5) is 0 Å². The van der Waals surface area contributed by atoms with Crippen LogP contribution in [-0.2, 0) is 26.4 Å². The van der Waals surface area contributed by atoms with Gasteiger partial charge in [0.15, 0.2) is 5.82 Å². The molecular weight excluding hydrogens is 428 g/mol. The van der Waals surface area contributed by atoms with Crippen LogP contribution in [-0.4, -0.2) is 33.8 Å². The molecule has 0 aliphatic carbocycles. The van der Waals surface area contributed by atoms with Gasteiger partial charge in [-0.2, -0.15) is 0 Å². The molecule has 0 radical (unpaired) electrons. The lowest BCUT2D eigenvalue weighted by molar-refractivity contribution is 0.260. The van der Waals surface area contributed by atoms with E-state index in [9.17, 15) is 0 Å². The van der Waals surface area contributed by atoms with Gasteiger partial charge in [-0.15, -0.1) is 11.3 Å². The van der Waals surface area contributed by atoms with Crippen molar-refractivity contribution in [3.05, 3.63) is 59.2 Å². The summed E-state index contributed by atoms with van der Waals surface area (Å²) in [5.74, 6) is 2.72. The molecule has 6 heteroatoms. The van der Waals surface area contributed by atoms with Crippen LogP contribution in [0.5, 0.6) is 5.75 Å². The van der Waals surface area contributed by atoms with Crippen LogP contribution in [0.2, 0.25) is 0 Å². The largest absolute Gasteiger partial charge is 0.493 e. The number of ether oxygens (including phenoxy) is 1. The van der Waals surface area contributed by atoms with E-state index in [4.69, 9.17) is 9.72 Å². The Balaban J connectivity index is 1.23. The highest BCUT2D eigenvalue weighted by Gasteiger charge is 2.16. The smallest absolute Gasteiger partial charge is 0.156 e. The molecule has 1 atom stereocenters. The second-order valence-corrected chi connectivity index (χ2v) is 10.1. The van der Waals surface area contributed by atoms with Gasteiger partial charge in [-0.25, -0.2) is 4.98 Å². The van der Waals surface area contributed by atoms with Crippen molar-refractivity contribution in [1.82, 2.24) is 19.4 Å².